The lowest BCUT2D eigenvalue weighted by Crippen LogP contribution is -2.40. The van der Waals surface area contributed by atoms with E-state index in [-0.39, 0.29) is 6.61 Å². The highest BCUT2D eigenvalue weighted by Crippen LogP contribution is 2.08. The maximum Gasteiger partial charge on any atom is 0.325 e. The van der Waals surface area contributed by atoms with E-state index in [2.05, 4.69) is 15.6 Å². The van der Waals surface area contributed by atoms with Crippen molar-refractivity contribution < 1.29 is 18.7 Å². The second-order valence-electron chi connectivity index (χ2n) is 4.76. The Labute approximate surface area is 132 Å². The molecule has 2 N–H and O–H groups in total. The number of carbonyl (C=O) groups excluding carboxylic acids is 2. The summed E-state index contributed by atoms with van der Waals surface area (Å²) in [6.07, 6.45) is 2.46. The summed E-state index contributed by atoms with van der Waals surface area (Å²) >= 11 is 0. The molecule has 0 radical (unpaired) electrons. The van der Waals surface area contributed by atoms with Gasteiger partial charge in [-0.15, -0.1) is 0 Å². The van der Waals surface area contributed by atoms with Crippen LogP contribution in [0.5, 0.6) is 0 Å². The number of anilines is 1. The van der Waals surface area contributed by atoms with E-state index in [4.69, 9.17) is 4.74 Å². The van der Waals surface area contributed by atoms with E-state index in [0.717, 1.165) is 5.56 Å². The molecule has 2 rings (SSSR count). The van der Waals surface area contributed by atoms with Gasteiger partial charge in [-0.05, 0) is 42.8 Å². The summed E-state index contributed by atoms with van der Waals surface area (Å²) in [7, 11) is 0. The molecule has 0 spiro atoms. The third-order valence-corrected chi connectivity index (χ3v) is 2.93. The average Bonchev–Trinajstić information content (AvgIpc) is 2.55. The van der Waals surface area contributed by atoms with Crippen LogP contribution in [-0.2, 0) is 16.1 Å². The van der Waals surface area contributed by atoms with E-state index in [1.165, 1.54) is 31.2 Å². The van der Waals surface area contributed by atoms with Gasteiger partial charge in [0, 0.05) is 18.1 Å². The Kier molecular flexibility index (Phi) is 5.76. The minimum Gasteiger partial charge on any atom is -0.364 e. The molecule has 0 aliphatic rings. The van der Waals surface area contributed by atoms with Crippen molar-refractivity contribution in [3.63, 3.8) is 0 Å². The van der Waals surface area contributed by atoms with E-state index in [0.29, 0.717) is 5.69 Å². The predicted molar refractivity (Wildman–Crippen MR) is 82.0 cm³/mol. The Morgan fingerprint density at radius 3 is 2.65 bits per heavy atom. The van der Waals surface area contributed by atoms with Crippen molar-refractivity contribution in [1.29, 1.82) is 0 Å². The van der Waals surface area contributed by atoms with Gasteiger partial charge < -0.3 is 10.1 Å². The smallest absolute Gasteiger partial charge is 0.325 e. The largest absolute Gasteiger partial charge is 0.364 e. The summed E-state index contributed by atoms with van der Waals surface area (Å²) in [6, 6.07) is 8.06. The maximum atomic E-state index is 12.8. The van der Waals surface area contributed by atoms with Crippen LogP contribution in [0, 0.1) is 5.82 Å². The Morgan fingerprint density at radius 1 is 1.26 bits per heavy atom. The third-order valence-electron chi connectivity index (χ3n) is 2.93. The van der Waals surface area contributed by atoms with E-state index in [1.807, 2.05) is 6.07 Å². The predicted octanol–water partition coefficient (Wildman–Crippen LogP) is 2.47. The highest BCUT2D eigenvalue weighted by Gasteiger charge is 2.16. The van der Waals surface area contributed by atoms with Gasteiger partial charge in [0.1, 0.15) is 11.9 Å². The minimum absolute atomic E-state index is 0.210. The van der Waals surface area contributed by atoms with Crippen LogP contribution in [0.25, 0.3) is 0 Å². The lowest BCUT2D eigenvalue weighted by molar-refractivity contribution is -0.131. The van der Waals surface area contributed by atoms with Crippen LogP contribution in [0.15, 0.2) is 48.8 Å². The first kappa shape index (κ1) is 16.6. The number of carbonyl (C=O) groups is 2. The van der Waals surface area contributed by atoms with E-state index in [1.54, 1.807) is 18.5 Å². The summed E-state index contributed by atoms with van der Waals surface area (Å²) in [6.45, 7) is 1.75. The lowest BCUT2D eigenvalue weighted by Gasteiger charge is -2.13. The number of nitrogens with one attached hydrogen (secondary N) is 2. The van der Waals surface area contributed by atoms with Gasteiger partial charge in [-0.3, -0.25) is 15.1 Å². The first-order valence-electron chi connectivity index (χ1n) is 6.92. The lowest BCUT2D eigenvalue weighted by atomic mass is 10.3. The summed E-state index contributed by atoms with van der Waals surface area (Å²) in [5.41, 5.74) is 1.20. The second-order valence-corrected chi connectivity index (χ2v) is 4.76. The monoisotopic (exact) mass is 317 g/mol. The maximum absolute atomic E-state index is 12.8. The van der Waals surface area contributed by atoms with Gasteiger partial charge in [0.2, 0.25) is 0 Å². The van der Waals surface area contributed by atoms with Crippen molar-refractivity contribution in [3.8, 4) is 0 Å². The normalized spacial score (nSPS) is 11.6. The van der Waals surface area contributed by atoms with Gasteiger partial charge in [-0.25, -0.2) is 9.18 Å². The fraction of sp³-hybridized carbons (Fsp3) is 0.188. The molecule has 6 nitrogen and oxygen atoms in total. The molecule has 0 fully saturated rings. The van der Waals surface area contributed by atoms with E-state index >= 15 is 0 Å². The third kappa shape index (κ3) is 5.48. The second kappa shape index (κ2) is 8.00. The molecule has 0 aliphatic carbocycles. The molecular weight excluding hydrogens is 301 g/mol. The molecular formula is C16H16FN3O3. The number of hydrogen-bond acceptors (Lipinski definition) is 4. The number of urea groups is 1. The van der Waals surface area contributed by atoms with Gasteiger partial charge in [0.15, 0.2) is 0 Å². The van der Waals surface area contributed by atoms with Crippen molar-refractivity contribution >= 4 is 17.6 Å². The van der Waals surface area contributed by atoms with Crippen molar-refractivity contribution in [1.82, 2.24) is 10.3 Å². The molecule has 0 bridgehead atoms. The summed E-state index contributed by atoms with van der Waals surface area (Å²) in [5.74, 6) is -0.988. The number of halogens is 1. The number of ether oxygens (including phenoxy) is 1. The van der Waals surface area contributed by atoms with Crippen LogP contribution in [0.3, 0.4) is 0 Å². The molecule has 23 heavy (non-hydrogen) atoms. The average molecular weight is 317 g/mol. The van der Waals surface area contributed by atoms with E-state index in [9.17, 15) is 14.0 Å². The van der Waals surface area contributed by atoms with Crippen molar-refractivity contribution in [2.45, 2.75) is 19.6 Å². The Morgan fingerprint density at radius 2 is 2.00 bits per heavy atom. The molecule has 3 amide bonds. The SMILES string of the molecule is CC(OCc1cccnc1)C(=O)NC(=O)Nc1ccc(F)cc1. The quantitative estimate of drug-likeness (QED) is 0.888. The van der Waals surface area contributed by atoms with Gasteiger partial charge in [-0.1, -0.05) is 6.07 Å². The molecule has 0 saturated heterocycles. The van der Waals surface area contributed by atoms with Crippen LogP contribution in [0.4, 0.5) is 14.9 Å². The molecule has 7 heteroatoms. The van der Waals surface area contributed by atoms with Crippen LogP contribution in [0.1, 0.15) is 12.5 Å². The number of imide groups is 1. The van der Waals surface area contributed by atoms with Crippen LogP contribution < -0.4 is 10.6 Å². The van der Waals surface area contributed by atoms with Crippen molar-refractivity contribution in [2.75, 3.05) is 5.32 Å². The zero-order valence-electron chi connectivity index (χ0n) is 12.5. The molecule has 1 aromatic heterocycles. The van der Waals surface area contributed by atoms with E-state index < -0.39 is 23.9 Å². The molecule has 0 aliphatic heterocycles. The number of aromatic nitrogens is 1. The fourth-order valence-electron chi connectivity index (χ4n) is 1.69. The Hall–Kier alpha value is -2.80. The molecule has 2 aromatic rings. The highest BCUT2D eigenvalue weighted by atomic mass is 19.1. The Bertz CT molecular complexity index is 662. The highest BCUT2D eigenvalue weighted by molar-refractivity contribution is 6.02. The number of pyridine rings is 1. The number of amides is 3. The fourth-order valence-corrected chi connectivity index (χ4v) is 1.69. The van der Waals surface area contributed by atoms with Crippen LogP contribution in [0.2, 0.25) is 0 Å². The first-order chi connectivity index (χ1) is 11.0. The molecule has 120 valence electrons. The summed E-state index contributed by atoms with van der Waals surface area (Å²) in [4.78, 5) is 27.5. The molecule has 0 saturated carbocycles. The standard InChI is InChI=1S/C16H16FN3O3/c1-11(23-10-12-3-2-8-18-9-12)15(21)20-16(22)19-14-6-4-13(17)5-7-14/h2-9,11H,10H2,1H3,(H2,19,20,21,22). The van der Waals surface area contributed by atoms with Crippen LogP contribution in [-0.4, -0.2) is 23.0 Å². The molecule has 1 aromatic carbocycles. The van der Waals surface area contributed by atoms with Gasteiger partial charge in [-0.2, -0.15) is 0 Å². The van der Waals surface area contributed by atoms with Crippen LogP contribution >= 0.6 is 0 Å². The van der Waals surface area contributed by atoms with Gasteiger partial charge in [0.25, 0.3) is 5.91 Å². The number of nitrogens with zero attached hydrogens (tertiary/aromatic N) is 1. The zero-order chi connectivity index (χ0) is 16.7. The first-order valence-corrected chi connectivity index (χ1v) is 6.92. The van der Waals surface area contributed by atoms with Crippen molar-refractivity contribution in [3.05, 3.63) is 60.2 Å². The molecule has 1 heterocycles. The van der Waals surface area contributed by atoms with Gasteiger partial charge in [0.05, 0.1) is 6.61 Å². The minimum atomic E-state index is -0.811. The number of hydrogen-bond donors (Lipinski definition) is 2. The molecule has 1 unspecified atom stereocenters. The Balaban J connectivity index is 1.78. The van der Waals surface area contributed by atoms with Gasteiger partial charge >= 0.3 is 6.03 Å². The number of rotatable bonds is 5. The summed E-state index contributed by atoms with van der Waals surface area (Å²) in [5, 5.41) is 4.58. The van der Waals surface area contributed by atoms with Crippen molar-refractivity contribution in [2.24, 2.45) is 0 Å². The zero-order valence-corrected chi connectivity index (χ0v) is 12.5. The molecule has 1 atom stereocenters. The summed E-state index contributed by atoms with van der Waals surface area (Å²) < 4.78 is 18.1. The topological polar surface area (TPSA) is 80.3 Å². The number of benzene rings is 1.